The fraction of sp³-hybridized carbons (Fsp3) is 0.167. The Morgan fingerprint density at radius 1 is 1.24 bits per heavy atom. The van der Waals surface area contributed by atoms with Gasteiger partial charge in [-0.3, -0.25) is 0 Å². The van der Waals surface area contributed by atoms with Crippen molar-refractivity contribution in [3.05, 3.63) is 46.7 Å². The first kappa shape index (κ1) is 11.9. The summed E-state index contributed by atoms with van der Waals surface area (Å²) in [6.45, 7) is 0.764. The van der Waals surface area contributed by atoms with Crippen molar-refractivity contribution in [1.82, 2.24) is 9.97 Å². The molecule has 0 unspecified atom stereocenters. The van der Waals surface area contributed by atoms with Crippen molar-refractivity contribution in [1.29, 1.82) is 0 Å². The molecule has 0 saturated heterocycles. The monoisotopic (exact) mass is 292 g/mol. The average Bonchev–Trinajstić information content (AvgIpc) is 2.33. The van der Waals surface area contributed by atoms with Crippen LogP contribution in [0.3, 0.4) is 0 Å². The van der Waals surface area contributed by atoms with E-state index in [1.54, 1.807) is 12.4 Å². The summed E-state index contributed by atoms with van der Waals surface area (Å²) in [6.07, 6.45) is 3.23. The number of anilines is 2. The summed E-state index contributed by atoms with van der Waals surface area (Å²) in [5.41, 5.74) is 6.71. The molecule has 2 N–H and O–H groups in total. The summed E-state index contributed by atoms with van der Waals surface area (Å²) in [5, 5.41) is 0. The predicted octanol–water partition coefficient (Wildman–Crippen LogP) is 2.46. The second kappa shape index (κ2) is 5.14. The van der Waals surface area contributed by atoms with E-state index in [1.807, 2.05) is 30.1 Å². The smallest absolute Gasteiger partial charge is 0.147 e. The van der Waals surface area contributed by atoms with Crippen LogP contribution in [0, 0.1) is 0 Å². The van der Waals surface area contributed by atoms with E-state index in [2.05, 4.69) is 32.0 Å². The van der Waals surface area contributed by atoms with Gasteiger partial charge in [0, 0.05) is 18.1 Å². The minimum Gasteiger partial charge on any atom is -0.382 e. The van der Waals surface area contributed by atoms with Crippen LogP contribution in [0.4, 0.5) is 11.6 Å². The molecule has 1 heterocycles. The number of nitrogens with zero attached hydrogens (tertiary/aromatic N) is 3. The van der Waals surface area contributed by atoms with Crippen molar-refractivity contribution < 1.29 is 0 Å². The number of hydrogen-bond acceptors (Lipinski definition) is 4. The molecule has 2 aromatic rings. The molecule has 17 heavy (non-hydrogen) atoms. The number of aromatic nitrogens is 2. The number of nitrogens with two attached hydrogens (primary N) is 1. The number of halogens is 1. The number of benzene rings is 1. The summed E-state index contributed by atoms with van der Waals surface area (Å²) in [4.78, 5) is 10.3. The van der Waals surface area contributed by atoms with Crippen LogP contribution in [0.15, 0.2) is 41.1 Å². The molecule has 0 aliphatic heterocycles. The van der Waals surface area contributed by atoms with Gasteiger partial charge in [0.2, 0.25) is 0 Å². The lowest BCUT2D eigenvalue weighted by atomic mass is 10.2. The van der Waals surface area contributed by atoms with Crippen LogP contribution in [0.5, 0.6) is 0 Å². The zero-order valence-electron chi connectivity index (χ0n) is 9.47. The molecule has 0 aliphatic rings. The second-order valence-electron chi connectivity index (χ2n) is 3.75. The van der Waals surface area contributed by atoms with Crippen molar-refractivity contribution in [3.63, 3.8) is 0 Å². The summed E-state index contributed by atoms with van der Waals surface area (Å²) >= 11 is 3.53. The molecule has 1 aromatic heterocycles. The molecular formula is C12H13BrN4. The van der Waals surface area contributed by atoms with Crippen molar-refractivity contribution in [2.75, 3.05) is 17.7 Å². The highest BCUT2D eigenvalue weighted by Crippen LogP contribution is 2.19. The largest absolute Gasteiger partial charge is 0.382 e. The highest BCUT2D eigenvalue weighted by atomic mass is 79.9. The zero-order valence-corrected chi connectivity index (χ0v) is 11.1. The van der Waals surface area contributed by atoms with E-state index in [-0.39, 0.29) is 0 Å². The maximum absolute atomic E-state index is 5.50. The molecule has 0 spiro atoms. The molecule has 0 fully saturated rings. The van der Waals surface area contributed by atoms with Gasteiger partial charge >= 0.3 is 0 Å². The summed E-state index contributed by atoms with van der Waals surface area (Å²) < 4.78 is 1.09. The van der Waals surface area contributed by atoms with Gasteiger partial charge < -0.3 is 10.6 Å². The van der Waals surface area contributed by atoms with Gasteiger partial charge in [-0.2, -0.15) is 0 Å². The summed E-state index contributed by atoms with van der Waals surface area (Å²) in [6, 6.07) is 8.11. The highest BCUT2D eigenvalue weighted by molar-refractivity contribution is 9.10. The Morgan fingerprint density at radius 2 is 2.00 bits per heavy atom. The molecule has 0 aliphatic carbocycles. The van der Waals surface area contributed by atoms with E-state index < -0.39 is 0 Å². The van der Waals surface area contributed by atoms with Crippen LogP contribution in [-0.4, -0.2) is 17.0 Å². The Labute approximate surface area is 109 Å². The van der Waals surface area contributed by atoms with Gasteiger partial charge in [-0.1, -0.05) is 34.1 Å². The molecule has 0 atom stereocenters. The summed E-state index contributed by atoms with van der Waals surface area (Å²) in [7, 11) is 1.97. The molecule has 0 bridgehead atoms. The van der Waals surface area contributed by atoms with E-state index >= 15 is 0 Å². The normalized spacial score (nSPS) is 10.2. The van der Waals surface area contributed by atoms with Crippen LogP contribution < -0.4 is 10.6 Å². The third kappa shape index (κ3) is 2.94. The van der Waals surface area contributed by atoms with Crippen molar-refractivity contribution in [3.8, 4) is 0 Å². The number of hydrogen-bond donors (Lipinski definition) is 1. The molecule has 0 radical (unpaired) electrons. The first-order valence-electron chi connectivity index (χ1n) is 5.19. The maximum atomic E-state index is 5.50. The van der Waals surface area contributed by atoms with Crippen LogP contribution >= 0.6 is 15.9 Å². The van der Waals surface area contributed by atoms with E-state index in [4.69, 9.17) is 5.73 Å². The fourth-order valence-electron chi connectivity index (χ4n) is 1.49. The van der Waals surface area contributed by atoms with Crippen molar-refractivity contribution in [2.45, 2.75) is 6.54 Å². The first-order valence-corrected chi connectivity index (χ1v) is 5.98. The van der Waals surface area contributed by atoms with Gasteiger partial charge in [0.05, 0.1) is 12.4 Å². The topological polar surface area (TPSA) is 55.0 Å². The Hall–Kier alpha value is -1.62. The molecule has 4 nitrogen and oxygen atoms in total. The average molecular weight is 293 g/mol. The van der Waals surface area contributed by atoms with Crippen molar-refractivity contribution >= 4 is 27.6 Å². The van der Waals surface area contributed by atoms with Gasteiger partial charge in [0.1, 0.15) is 11.6 Å². The van der Waals surface area contributed by atoms with Crippen LogP contribution in [0.1, 0.15) is 5.56 Å². The lowest BCUT2D eigenvalue weighted by Crippen LogP contribution is -2.18. The second-order valence-corrected chi connectivity index (χ2v) is 4.60. The minimum absolute atomic E-state index is 0.433. The van der Waals surface area contributed by atoms with Crippen LogP contribution in [-0.2, 0) is 6.54 Å². The molecular weight excluding hydrogens is 280 g/mol. The zero-order chi connectivity index (χ0) is 12.3. The Morgan fingerprint density at radius 3 is 2.65 bits per heavy atom. The van der Waals surface area contributed by atoms with Gasteiger partial charge in [-0.05, 0) is 11.6 Å². The third-order valence-electron chi connectivity index (χ3n) is 2.41. The minimum atomic E-state index is 0.433. The molecule has 2 rings (SSSR count). The fourth-order valence-corrected chi connectivity index (χ4v) is 1.90. The van der Waals surface area contributed by atoms with E-state index in [9.17, 15) is 0 Å². The van der Waals surface area contributed by atoms with Gasteiger partial charge in [0.15, 0.2) is 0 Å². The Balaban J connectivity index is 2.14. The predicted molar refractivity (Wildman–Crippen MR) is 72.7 cm³/mol. The maximum Gasteiger partial charge on any atom is 0.147 e. The SMILES string of the molecule is CN(Cc1ccccc1Br)c1cnc(N)cn1. The van der Waals surface area contributed by atoms with Gasteiger partial charge in [-0.15, -0.1) is 0 Å². The quantitative estimate of drug-likeness (QED) is 0.944. The van der Waals surface area contributed by atoms with Crippen LogP contribution in [0.2, 0.25) is 0 Å². The third-order valence-corrected chi connectivity index (χ3v) is 3.19. The molecule has 5 heteroatoms. The van der Waals surface area contributed by atoms with Crippen molar-refractivity contribution in [2.24, 2.45) is 0 Å². The molecule has 0 amide bonds. The van der Waals surface area contributed by atoms with E-state index in [0.717, 1.165) is 16.8 Å². The van der Waals surface area contributed by atoms with E-state index in [0.29, 0.717) is 5.82 Å². The molecule has 1 aromatic carbocycles. The number of rotatable bonds is 3. The van der Waals surface area contributed by atoms with Gasteiger partial charge in [-0.25, -0.2) is 9.97 Å². The molecule has 88 valence electrons. The lowest BCUT2D eigenvalue weighted by Gasteiger charge is -2.18. The van der Waals surface area contributed by atoms with E-state index in [1.165, 1.54) is 5.56 Å². The lowest BCUT2D eigenvalue weighted by molar-refractivity contribution is 0.887. The summed E-state index contributed by atoms with van der Waals surface area (Å²) in [5.74, 6) is 1.23. The first-order chi connectivity index (χ1) is 8.16. The number of nitrogen functional groups attached to an aromatic ring is 1. The Bertz CT molecular complexity index is 498. The highest BCUT2D eigenvalue weighted by Gasteiger charge is 2.06. The van der Waals surface area contributed by atoms with Crippen LogP contribution in [0.25, 0.3) is 0 Å². The standard InChI is InChI=1S/C12H13BrN4/c1-17(12-7-15-11(14)6-16-12)8-9-4-2-3-5-10(9)13/h2-7H,8H2,1H3,(H2,14,15). The molecule has 0 saturated carbocycles. The van der Waals surface area contributed by atoms with Gasteiger partial charge in [0.25, 0.3) is 0 Å². The Kier molecular flexibility index (Phi) is 3.58.